The first-order chi connectivity index (χ1) is 7.99. The molecule has 1 rings (SSSR count). The molecular weight excluding hydrogens is 218 g/mol. The summed E-state index contributed by atoms with van der Waals surface area (Å²) >= 11 is 0. The number of benzene rings is 1. The van der Waals surface area contributed by atoms with Crippen LogP contribution in [0.4, 0.5) is 0 Å². The highest BCUT2D eigenvalue weighted by atomic mass is 16.4. The van der Waals surface area contributed by atoms with E-state index in [2.05, 4.69) is 5.32 Å². The van der Waals surface area contributed by atoms with Gasteiger partial charge >= 0.3 is 5.97 Å². The van der Waals surface area contributed by atoms with E-state index in [1.807, 2.05) is 24.3 Å². The van der Waals surface area contributed by atoms with Crippen LogP contribution in [0, 0.1) is 5.92 Å². The third-order valence-corrected chi connectivity index (χ3v) is 2.53. The lowest BCUT2D eigenvalue weighted by Gasteiger charge is -2.07. The number of rotatable bonds is 5. The SMILES string of the molecule is CC(=O)NCc1ccc(CC(C)C(=O)O)cc1. The highest BCUT2D eigenvalue weighted by molar-refractivity contribution is 5.72. The van der Waals surface area contributed by atoms with Crippen LogP contribution in [0.25, 0.3) is 0 Å². The second-order valence-corrected chi connectivity index (χ2v) is 4.17. The molecule has 0 aromatic heterocycles. The molecule has 4 nitrogen and oxygen atoms in total. The number of carboxylic acids is 1. The molecule has 0 radical (unpaired) electrons. The van der Waals surface area contributed by atoms with Crippen molar-refractivity contribution in [3.8, 4) is 0 Å². The molecule has 92 valence electrons. The van der Waals surface area contributed by atoms with Gasteiger partial charge in [0, 0.05) is 13.5 Å². The van der Waals surface area contributed by atoms with Gasteiger partial charge in [-0.2, -0.15) is 0 Å². The summed E-state index contributed by atoms with van der Waals surface area (Å²) in [4.78, 5) is 21.4. The van der Waals surface area contributed by atoms with Gasteiger partial charge in [-0.25, -0.2) is 0 Å². The van der Waals surface area contributed by atoms with Gasteiger partial charge in [0.25, 0.3) is 0 Å². The first-order valence-corrected chi connectivity index (χ1v) is 5.54. The van der Waals surface area contributed by atoms with Crippen LogP contribution in [-0.2, 0) is 22.6 Å². The molecule has 0 aliphatic heterocycles. The Labute approximate surface area is 101 Å². The molecule has 1 aromatic rings. The first-order valence-electron chi connectivity index (χ1n) is 5.54. The third-order valence-electron chi connectivity index (χ3n) is 2.53. The highest BCUT2D eigenvalue weighted by Gasteiger charge is 2.11. The van der Waals surface area contributed by atoms with E-state index >= 15 is 0 Å². The predicted molar refractivity (Wildman–Crippen MR) is 64.5 cm³/mol. The van der Waals surface area contributed by atoms with Crippen LogP contribution >= 0.6 is 0 Å². The summed E-state index contributed by atoms with van der Waals surface area (Å²) in [6.45, 7) is 3.67. The molecule has 0 saturated carbocycles. The van der Waals surface area contributed by atoms with Gasteiger partial charge in [0.2, 0.25) is 5.91 Å². The van der Waals surface area contributed by atoms with Crippen LogP contribution in [0.3, 0.4) is 0 Å². The molecule has 0 aliphatic carbocycles. The smallest absolute Gasteiger partial charge is 0.306 e. The van der Waals surface area contributed by atoms with Crippen LogP contribution < -0.4 is 5.32 Å². The average molecular weight is 235 g/mol. The molecule has 0 bridgehead atoms. The minimum atomic E-state index is -0.785. The van der Waals surface area contributed by atoms with E-state index < -0.39 is 5.97 Å². The van der Waals surface area contributed by atoms with Gasteiger partial charge in [-0.3, -0.25) is 9.59 Å². The Morgan fingerprint density at radius 1 is 1.24 bits per heavy atom. The Kier molecular flexibility index (Phi) is 4.69. The second-order valence-electron chi connectivity index (χ2n) is 4.17. The number of aliphatic carboxylic acids is 1. The zero-order valence-corrected chi connectivity index (χ0v) is 10.1. The van der Waals surface area contributed by atoms with Gasteiger partial charge in [-0.15, -0.1) is 0 Å². The molecule has 4 heteroatoms. The fourth-order valence-electron chi connectivity index (χ4n) is 1.46. The van der Waals surface area contributed by atoms with Gasteiger partial charge in [-0.05, 0) is 17.5 Å². The lowest BCUT2D eigenvalue weighted by atomic mass is 10.0. The van der Waals surface area contributed by atoms with E-state index in [1.165, 1.54) is 6.92 Å². The van der Waals surface area contributed by atoms with Crippen molar-refractivity contribution < 1.29 is 14.7 Å². The lowest BCUT2D eigenvalue weighted by Crippen LogP contribution is -2.18. The van der Waals surface area contributed by atoms with E-state index in [4.69, 9.17) is 5.11 Å². The largest absolute Gasteiger partial charge is 0.481 e. The normalized spacial score (nSPS) is 11.9. The standard InChI is InChI=1S/C13H17NO3/c1-9(13(16)17)7-11-3-5-12(6-4-11)8-14-10(2)15/h3-6,9H,7-8H2,1-2H3,(H,14,15)(H,16,17). The maximum absolute atomic E-state index is 10.7. The van der Waals surface area contributed by atoms with E-state index in [1.54, 1.807) is 6.92 Å². The van der Waals surface area contributed by atoms with Crippen molar-refractivity contribution in [2.45, 2.75) is 26.8 Å². The van der Waals surface area contributed by atoms with Crippen molar-refractivity contribution >= 4 is 11.9 Å². The minimum Gasteiger partial charge on any atom is -0.481 e. The molecule has 0 saturated heterocycles. The zero-order valence-electron chi connectivity index (χ0n) is 10.1. The lowest BCUT2D eigenvalue weighted by molar-refractivity contribution is -0.141. The van der Waals surface area contributed by atoms with Crippen molar-refractivity contribution in [2.75, 3.05) is 0 Å². The fourth-order valence-corrected chi connectivity index (χ4v) is 1.46. The molecule has 0 heterocycles. The molecule has 17 heavy (non-hydrogen) atoms. The topological polar surface area (TPSA) is 66.4 Å². The summed E-state index contributed by atoms with van der Waals surface area (Å²) in [7, 11) is 0. The summed E-state index contributed by atoms with van der Waals surface area (Å²) in [5.41, 5.74) is 2.00. The number of hydrogen-bond acceptors (Lipinski definition) is 2. The van der Waals surface area contributed by atoms with E-state index in [0.717, 1.165) is 11.1 Å². The number of carbonyl (C=O) groups is 2. The Morgan fingerprint density at radius 3 is 2.24 bits per heavy atom. The highest BCUT2D eigenvalue weighted by Crippen LogP contribution is 2.10. The van der Waals surface area contributed by atoms with Gasteiger partial charge < -0.3 is 10.4 Å². The summed E-state index contributed by atoms with van der Waals surface area (Å²) in [5.74, 6) is -1.22. The summed E-state index contributed by atoms with van der Waals surface area (Å²) in [6.07, 6.45) is 0.524. The molecule has 1 amide bonds. The molecule has 1 aromatic carbocycles. The monoisotopic (exact) mass is 235 g/mol. The molecule has 2 N–H and O–H groups in total. The van der Waals surface area contributed by atoms with Crippen LogP contribution in [0.5, 0.6) is 0 Å². The first kappa shape index (κ1) is 13.2. The van der Waals surface area contributed by atoms with E-state index in [-0.39, 0.29) is 11.8 Å². The van der Waals surface area contributed by atoms with E-state index in [9.17, 15) is 9.59 Å². The van der Waals surface area contributed by atoms with Crippen molar-refractivity contribution in [3.63, 3.8) is 0 Å². The maximum Gasteiger partial charge on any atom is 0.306 e. The Hall–Kier alpha value is -1.84. The zero-order chi connectivity index (χ0) is 12.8. The number of hydrogen-bond donors (Lipinski definition) is 2. The quantitative estimate of drug-likeness (QED) is 0.814. The average Bonchev–Trinajstić information content (AvgIpc) is 2.28. The second kappa shape index (κ2) is 6.03. The molecule has 0 fully saturated rings. The number of nitrogens with one attached hydrogen (secondary N) is 1. The van der Waals surface area contributed by atoms with Crippen molar-refractivity contribution in [2.24, 2.45) is 5.92 Å². The Morgan fingerprint density at radius 2 is 1.76 bits per heavy atom. The number of carboxylic acid groups (broad SMARTS) is 1. The molecule has 1 unspecified atom stereocenters. The van der Waals surface area contributed by atoms with Gasteiger partial charge in [0.15, 0.2) is 0 Å². The van der Waals surface area contributed by atoms with Crippen LogP contribution in [-0.4, -0.2) is 17.0 Å². The summed E-state index contributed by atoms with van der Waals surface area (Å²) in [5, 5.41) is 11.5. The molecular formula is C13H17NO3. The molecule has 0 spiro atoms. The van der Waals surface area contributed by atoms with Crippen LogP contribution in [0.2, 0.25) is 0 Å². The molecule has 0 aliphatic rings. The van der Waals surface area contributed by atoms with Gasteiger partial charge in [0.05, 0.1) is 5.92 Å². The third kappa shape index (κ3) is 4.68. The maximum atomic E-state index is 10.7. The predicted octanol–water partition coefficient (Wildman–Crippen LogP) is 1.59. The minimum absolute atomic E-state index is 0.0615. The van der Waals surface area contributed by atoms with Gasteiger partial charge in [-0.1, -0.05) is 31.2 Å². The van der Waals surface area contributed by atoms with Crippen molar-refractivity contribution in [3.05, 3.63) is 35.4 Å². The molecule has 1 atom stereocenters. The van der Waals surface area contributed by atoms with Crippen molar-refractivity contribution in [1.82, 2.24) is 5.32 Å². The van der Waals surface area contributed by atoms with E-state index in [0.29, 0.717) is 13.0 Å². The number of carbonyl (C=O) groups excluding carboxylic acids is 1. The Balaban J connectivity index is 2.55. The van der Waals surface area contributed by atoms with Crippen molar-refractivity contribution in [1.29, 1.82) is 0 Å². The summed E-state index contributed by atoms with van der Waals surface area (Å²) < 4.78 is 0. The van der Waals surface area contributed by atoms with Gasteiger partial charge in [0.1, 0.15) is 0 Å². The Bertz CT molecular complexity index is 398. The number of amides is 1. The fraction of sp³-hybridized carbons (Fsp3) is 0.385. The van der Waals surface area contributed by atoms with Crippen LogP contribution in [0.1, 0.15) is 25.0 Å². The summed E-state index contributed by atoms with van der Waals surface area (Å²) in [6, 6.07) is 7.60. The van der Waals surface area contributed by atoms with Crippen LogP contribution in [0.15, 0.2) is 24.3 Å².